The average molecular weight is 240 g/mol. The molecule has 0 amide bonds. The summed E-state index contributed by atoms with van der Waals surface area (Å²) in [5.41, 5.74) is 1.04. The summed E-state index contributed by atoms with van der Waals surface area (Å²) in [7, 11) is 3.58. The number of hydrogen-bond acceptors (Lipinski definition) is 4. The summed E-state index contributed by atoms with van der Waals surface area (Å²) in [4.78, 5) is 11.4. The molecule has 1 unspecified atom stereocenters. The summed E-state index contributed by atoms with van der Waals surface area (Å²) < 4.78 is 5.17. The van der Waals surface area contributed by atoms with Crippen LogP contribution in [0.15, 0.2) is 30.3 Å². The second-order valence-corrected chi connectivity index (χ2v) is 6.07. The maximum atomic E-state index is 11.4. The summed E-state index contributed by atoms with van der Waals surface area (Å²) in [6, 6.07) is 9.76. The summed E-state index contributed by atoms with van der Waals surface area (Å²) in [5, 5.41) is 0.471. The van der Waals surface area contributed by atoms with Crippen LogP contribution < -0.4 is 0 Å². The van der Waals surface area contributed by atoms with Crippen LogP contribution in [0.1, 0.15) is 12.0 Å². The Morgan fingerprint density at radius 2 is 2.13 bits per heavy atom. The van der Waals surface area contributed by atoms with Gasteiger partial charge in [0.1, 0.15) is 6.61 Å². The molecule has 1 aromatic carbocycles. The van der Waals surface area contributed by atoms with Crippen LogP contribution in [0.25, 0.3) is 0 Å². The van der Waals surface area contributed by atoms with Crippen molar-refractivity contribution in [3.8, 4) is 0 Å². The normalized spacial score (nSPS) is 19.3. The zero-order valence-electron chi connectivity index (χ0n) is 8.22. The Labute approximate surface area is 97.2 Å². The van der Waals surface area contributed by atoms with Gasteiger partial charge in [-0.05, 0) is 5.56 Å². The molecule has 2 nitrogen and oxygen atoms in total. The number of ether oxygens (including phenoxy) is 1. The van der Waals surface area contributed by atoms with Crippen LogP contribution in [0.3, 0.4) is 0 Å². The molecule has 0 radical (unpaired) electrons. The summed E-state index contributed by atoms with van der Waals surface area (Å²) in [6.07, 6.45) is 0.546. The van der Waals surface area contributed by atoms with Gasteiger partial charge < -0.3 is 4.74 Å². The van der Waals surface area contributed by atoms with Crippen LogP contribution in [0.4, 0.5) is 0 Å². The number of benzene rings is 1. The van der Waals surface area contributed by atoms with Gasteiger partial charge in [0.05, 0.1) is 6.42 Å². The second-order valence-electron chi connectivity index (χ2n) is 3.35. The third kappa shape index (κ3) is 3.47. The largest absolute Gasteiger partial charge is 0.461 e. The second kappa shape index (κ2) is 5.47. The van der Waals surface area contributed by atoms with Crippen molar-refractivity contribution in [2.75, 3.05) is 5.75 Å². The first-order valence-electron chi connectivity index (χ1n) is 4.82. The first-order chi connectivity index (χ1) is 7.34. The first-order valence-corrected chi connectivity index (χ1v) is 7.20. The highest BCUT2D eigenvalue weighted by molar-refractivity contribution is 8.79. The highest BCUT2D eigenvalue weighted by Crippen LogP contribution is 2.42. The number of carbonyl (C=O) groups is 1. The SMILES string of the molecule is O=C(CC1CSS1)OCc1ccccc1. The van der Waals surface area contributed by atoms with E-state index in [-0.39, 0.29) is 5.97 Å². The number of rotatable bonds is 4. The van der Waals surface area contributed by atoms with E-state index in [0.29, 0.717) is 18.3 Å². The highest BCUT2D eigenvalue weighted by Gasteiger charge is 2.23. The molecule has 1 saturated heterocycles. The lowest BCUT2D eigenvalue weighted by atomic mass is 10.2. The predicted molar refractivity (Wildman–Crippen MR) is 64.7 cm³/mol. The Balaban J connectivity index is 1.71. The van der Waals surface area contributed by atoms with E-state index in [1.165, 1.54) is 0 Å². The summed E-state index contributed by atoms with van der Waals surface area (Å²) in [5.74, 6) is 0.988. The van der Waals surface area contributed by atoms with Gasteiger partial charge in [-0.25, -0.2) is 0 Å². The summed E-state index contributed by atoms with van der Waals surface area (Å²) in [6.45, 7) is 0.393. The van der Waals surface area contributed by atoms with E-state index in [4.69, 9.17) is 4.74 Å². The molecule has 0 saturated carbocycles. The molecule has 1 aliphatic heterocycles. The molecule has 0 N–H and O–H groups in total. The maximum Gasteiger partial charge on any atom is 0.307 e. The Kier molecular flexibility index (Phi) is 3.97. The van der Waals surface area contributed by atoms with Crippen molar-refractivity contribution in [1.29, 1.82) is 0 Å². The standard InChI is InChI=1S/C11H12O2S2/c12-11(6-10-8-14-15-10)13-7-9-4-2-1-3-5-9/h1-5,10H,6-8H2. The molecular formula is C11H12O2S2. The zero-order chi connectivity index (χ0) is 10.5. The van der Waals surface area contributed by atoms with E-state index in [2.05, 4.69) is 0 Å². The lowest BCUT2D eigenvalue weighted by molar-refractivity contribution is -0.144. The molecule has 1 atom stereocenters. The number of esters is 1. The maximum absolute atomic E-state index is 11.4. The lowest BCUT2D eigenvalue weighted by Gasteiger charge is -2.22. The molecule has 0 bridgehead atoms. The van der Waals surface area contributed by atoms with E-state index in [1.807, 2.05) is 41.1 Å². The van der Waals surface area contributed by atoms with Crippen LogP contribution in [-0.2, 0) is 16.1 Å². The molecular weight excluding hydrogens is 228 g/mol. The molecule has 80 valence electrons. The zero-order valence-corrected chi connectivity index (χ0v) is 9.85. The van der Waals surface area contributed by atoms with Gasteiger partial charge in [0.25, 0.3) is 0 Å². The van der Waals surface area contributed by atoms with E-state index < -0.39 is 0 Å². The Morgan fingerprint density at radius 1 is 1.40 bits per heavy atom. The molecule has 1 aromatic rings. The van der Waals surface area contributed by atoms with Crippen molar-refractivity contribution < 1.29 is 9.53 Å². The Morgan fingerprint density at radius 3 is 2.73 bits per heavy atom. The number of hydrogen-bond donors (Lipinski definition) is 0. The molecule has 1 fully saturated rings. The van der Waals surface area contributed by atoms with Crippen molar-refractivity contribution in [1.82, 2.24) is 0 Å². The van der Waals surface area contributed by atoms with Crippen molar-refractivity contribution in [2.45, 2.75) is 18.3 Å². The number of carbonyl (C=O) groups excluding carboxylic acids is 1. The Hall–Kier alpha value is -0.610. The minimum atomic E-state index is -0.0864. The van der Waals surface area contributed by atoms with Gasteiger partial charge in [0.15, 0.2) is 0 Å². The van der Waals surface area contributed by atoms with Crippen LogP contribution >= 0.6 is 21.6 Å². The molecule has 0 aliphatic carbocycles. The van der Waals surface area contributed by atoms with Crippen molar-refractivity contribution in [3.63, 3.8) is 0 Å². The molecule has 0 aromatic heterocycles. The highest BCUT2D eigenvalue weighted by atomic mass is 33.1. The van der Waals surface area contributed by atoms with Crippen LogP contribution in [0, 0.1) is 0 Å². The van der Waals surface area contributed by atoms with E-state index >= 15 is 0 Å². The van der Waals surface area contributed by atoms with Gasteiger partial charge in [-0.2, -0.15) is 0 Å². The molecule has 4 heteroatoms. The fourth-order valence-electron chi connectivity index (χ4n) is 1.24. The van der Waals surface area contributed by atoms with E-state index in [1.54, 1.807) is 10.8 Å². The first kappa shape index (κ1) is 10.9. The van der Waals surface area contributed by atoms with Gasteiger partial charge in [0, 0.05) is 11.0 Å². The fourth-order valence-corrected chi connectivity index (χ4v) is 3.08. The molecule has 0 spiro atoms. The monoisotopic (exact) mass is 240 g/mol. The molecule has 15 heavy (non-hydrogen) atoms. The van der Waals surface area contributed by atoms with Crippen LogP contribution in [-0.4, -0.2) is 17.0 Å². The third-order valence-electron chi connectivity index (χ3n) is 2.10. The minimum Gasteiger partial charge on any atom is -0.461 e. The van der Waals surface area contributed by atoms with Gasteiger partial charge in [-0.1, -0.05) is 51.9 Å². The fraction of sp³-hybridized carbons (Fsp3) is 0.364. The van der Waals surface area contributed by atoms with E-state index in [0.717, 1.165) is 11.3 Å². The van der Waals surface area contributed by atoms with Crippen LogP contribution in [0.5, 0.6) is 0 Å². The smallest absolute Gasteiger partial charge is 0.307 e. The van der Waals surface area contributed by atoms with Gasteiger partial charge >= 0.3 is 5.97 Å². The van der Waals surface area contributed by atoms with Crippen molar-refractivity contribution in [3.05, 3.63) is 35.9 Å². The van der Waals surface area contributed by atoms with Gasteiger partial charge in [0.2, 0.25) is 0 Å². The predicted octanol–water partition coefficient (Wildman–Crippen LogP) is 2.88. The minimum absolute atomic E-state index is 0.0864. The van der Waals surface area contributed by atoms with E-state index in [9.17, 15) is 4.79 Å². The molecule has 1 heterocycles. The third-order valence-corrected chi connectivity index (χ3v) is 5.22. The quantitative estimate of drug-likeness (QED) is 0.597. The van der Waals surface area contributed by atoms with Crippen LogP contribution in [0.2, 0.25) is 0 Å². The lowest BCUT2D eigenvalue weighted by Crippen LogP contribution is -2.19. The van der Waals surface area contributed by atoms with Gasteiger partial charge in [-0.3, -0.25) is 4.79 Å². The van der Waals surface area contributed by atoms with Crippen molar-refractivity contribution in [2.24, 2.45) is 0 Å². The Bertz CT molecular complexity index is 323. The average Bonchev–Trinajstić information content (AvgIpc) is 2.22. The molecule has 2 rings (SSSR count). The summed E-state index contributed by atoms with van der Waals surface area (Å²) >= 11 is 0. The molecule has 1 aliphatic rings. The van der Waals surface area contributed by atoms with Crippen molar-refractivity contribution >= 4 is 27.6 Å². The van der Waals surface area contributed by atoms with Gasteiger partial charge in [-0.15, -0.1) is 0 Å². The topological polar surface area (TPSA) is 26.3 Å².